The Morgan fingerprint density at radius 2 is 2.21 bits per heavy atom. The van der Waals surface area contributed by atoms with Crippen molar-refractivity contribution in [2.24, 2.45) is 12.8 Å². The molecular weight excluding hydrogens is 180 g/mol. The fourth-order valence-corrected chi connectivity index (χ4v) is 1.44. The van der Waals surface area contributed by atoms with Crippen molar-refractivity contribution in [3.05, 3.63) is 27.5 Å². The summed E-state index contributed by atoms with van der Waals surface area (Å²) in [6.07, 6.45) is 1.52. The third-order valence-electron chi connectivity index (χ3n) is 2.37. The summed E-state index contributed by atoms with van der Waals surface area (Å²) in [5, 5.41) is 9.71. The average molecular weight is 196 g/mol. The van der Waals surface area contributed by atoms with Gasteiger partial charge in [-0.15, -0.1) is 0 Å². The lowest BCUT2D eigenvalue weighted by molar-refractivity contribution is 0.414. The molecule has 14 heavy (non-hydrogen) atoms. The Morgan fingerprint density at radius 1 is 1.57 bits per heavy atom. The number of aromatic nitrogens is 1. The molecular formula is C10H16N2O2. The second-order valence-electron chi connectivity index (χ2n) is 3.42. The smallest absolute Gasteiger partial charge is 0.253 e. The highest BCUT2D eigenvalue weighted by atomic mass is 16.3. The molecule has 3 N–H and O–H groups in total. The molecule has 0 bridgehead atoms. The Labute approximate surface area is 83.0 Å². The first-order valence-electron chi connectivity index (χ1n) is 4.66. The topological polar surface area (TPSA) is 68.2 Å². The molecule has 4 nitrogen and oxygen atoms in total. The maximum absolute atomic E-state index is 11.3. The average Bonchev–Trinajstić information content (AvgIpc) is 2.14. The van der Waals surface area contributed by atoms with E-state index in [1.165, 1.54) is 10.6 Å². The summed E-state index contributed by atoms with van der Waals surface area (Å²) in [5.74, 6) is 0.0588. The van der Waals surface area contributed by atoms with Crippen molar-refractivity contribution in [2.45, 2.75) is 19.8 Å². The van der Waals surface area contributed by atoms with Crippen LogP contribution in [0.4, 0.5) is 0 Å². The summed E-state index contributed by atoms with van der Waals surface area (Å²) in [5.41, 5.74) is 6.86. The maximum Gasteiger partial charge on any atom is 0.253 e. The van der Waals surface area contributed by atoms with Crippen LogP contribution in [0.5, 0.6) is 5.88 Å². The normalized spacial score (nSPS) is 10.5. The van der Waals surface area contributed by atoms with Gasteiger partial charge in [-0.2, -0.15) is 0 Å². The van der Waals surface area contributed by atoms with Crippen LogP contribution in [0.25, 0.3) is 0 Å². The van der Waals surface area contributed by atoms with Gasteiger partial charge in [-0.05, 0) is 31.9 Å². The van der Waals surface area contributed by atoms with Crippen LogP contribution in [0.3, 0.4) is 0 Å². The first-order valence-corrected chi connectivity index (χ1v) is 4.66. The lowest BCUT2D eigenvalue weighted by Crippen LogP contribution is -2.18. The van der Waals surface area contributed by atoms with Crippen molar-refractivity contribution in [3.63, 3.8) is 0 Å². The molecule has 0 aliphatic rings. The van der Waals surface area contributed by atoms with Crippen molar-refractivity contribution >= 4 is 0 Å². The number of aryl methyl sites for hydroxylation is 1. The Morgan fingerprint density at radius 3 is 2.79 bits per heavy atom. The van der Waals surface area contributed by atoms with Gasteiger partial charge >= 0.3 is 0 Å². The van der Waals surface area contributed by atoms with Gasteiger partial charge in [-0.1, -0.05) is 0 Å². The van der Waals surface area contributed by atoms with E-state index in [1.807, 2.05) is 6.92 Å². The maximum atomic E-state index is 11.3. The van der Waals surface area contributed by atoms with Crippen molar-refractivity contribution < 1.29 is 5.11 Å². The number of hydrogen-bond acceptors (Lipinski definition) is 3. The molecule has 0 saturated heterocycles. The van der Waals surface area contributed by atoms with Gasteiger partial charge in [0, 0.05) is 18.7 Å². The summed E-state index contributed by atoms with van der Waals surface area (Å²) < 4.78 is 1.25. The van der Waals surface area contributed by atoms with Crippen LogP contribution in [-0.2, 0) is 13.5 Å². The molecule has 0 aromatic carbocycles. The highest BCUT2D eigenvalue weighted by molar-refractivity contribution is 5.33. The minimum atomic E-state index is -0.184. The van der Waals surface area contributed by atoms with Crippen LogP contribution >= 0.6 is 0 Å². The Bertz CT molecular complexity index is 382. The standard InChI is InChI=1S/C10H16N2O2/c1-7-6-9(13)12(2)10(14)8(7)4-3-5-11/h6,14H,3-5,11H2,1-2H3. The summed E-state index contributed by atoms with van der Waals surface area (Å²) >= 11 is 0. The molecule has 1 aromatic heterocycles. The number of pyridine rings is 1. The molecule has 0 amide bonds. The monoisotopic (exact) mass is 196 g/mol. The van der Waals surface area contributed by atoms with E-state index in [0.29, 0.717) is 13.0 Å². The molecule has 78 valence electrons. The number of nitrogens with two attached hydrogens (primary N) is 1. The van der Waals surface area contributed by atoms with Gasteiger partial charge < -0.3 is 10.8 Å². The Balaban J connectivity index is 3.15. The van der Waals surface area contributed by atoms with E-state index in [2.05, 4.69) is 0 Å². The molecule has 1 aromatic rings. The van der Waals surface area contributed by atoms with Crippen molar-refractivity contribution in [2.75, 3.05) is 6.54 Å². The predicted molar refractivity (Wildman–Crippen MR) is 55.5 cm³/mol. The zero-order valence-corrected chi connectivity index (χ0v) is 8.58. The number of hydrogen-bond donors (Lipinski definition) is 2. The van der Waals surface area contributed by atoms with E-state index in [4.69, 9.17) is 5.73 Å². The molecule has 0 aliphatic carbocycles. The van der Waals surface area contributed by atoms with Gasteiger partial charge in [0.05, 0.1) is 0 Å². The number of aromatic hydroxyl groups is 1. The molecule has 0 aliphatic heterocycles. The van der Waals surface area contributed by atoms with E-state index in [9.17, 15) is 9.90 Å². The molecule has 1 rings (SSSR count). The molecule has 0 spiro atoms. The van der Waals surface area contributed by atoms with Crippen molar-refractivity contribution in [1.82, 2.24) is 4.57 Å². The van der Waals surface area contributed by atoms with Gasteiger partial charge in [0.1, 0.15) is 0 Å². The van der Waals surface area contributed by atoms with Gasteiger partial charge in [0.2, 0.25) is 0 Å². The van der Waals surface area contributed by atoms with E-state index in [1.54, 1.807) is 7.05 Å². The fraction of sp³-hybridized carbons (Fsp3) is 0.500. The van der Waals surface area contributed by atoms with E-state index in [0.717, 1.165) is 17.5 Å². The minimum absolute atomic E-state index is 0.0588. The van der Waals surface area contributed by atoms with Crippen LogP contribution in [0.15, 0.2) is 10.9 Å². The first-order chi connectivity index (χ1) is 6.57. The molecule has 0 radical (unpaired) electrons. The summed E-state index contributed by atoms with van der Waals surface area (Å²) in [6, 6.07) is 1.53. The molecule has 4 heteroatoms. The second-order valence-corrected chi connectivity index (χ2v) is 3.42. The van der Waals surface area contributed by atoms with Crippen molar-refractivity contribution in [1.29, 1.82) is 0 Å². The SMILES string of the molecule is Cc1cc(=O)n(C)c(O)c1CCCN. The van der Waals surface area contributed by atoms with Crippen molar-refractivity contribution in [3.8, 4) is 5.88 Å². The van der Waals surface area contributed by atoms with E-state index >= 15 is 0 Å². The minimum Gasteiger partial charge on any atom is -0.494 e. The summed E-state index contributed by atoms with van der Waals surface area (Å²) in [4.78, 5) is 11.3. The molecule has 0 fully saturated rings. The Kier molecular flexibility index (Phi) is 3.30. The quantitative estimate of drug-likeness (QED) is 0.730. The van der Waals surface area contributed by atoms with Crippen LogP contribution in [-0.4, -0.2) is 16.2 Å². The summed E-state index contributed by atoms with van der Waals surface area (Å²) in [6.45, 7) is 2.41. The van der Waals surface area contributed by atoms with Gasteiger partial charge in [-0.3, -0.25) is 9.36 Å². The van der Waals surface area contributed by atoms with Crippen LogP contribution in [0, 0.1) is 6.92 Å². The third-order valence-corrected chi connectivity index (χ3v) is 2.37. The lowest BCUT2D eigenvalue weighted by Gasteiger charge is -2.10. The largest absolute Gasteiger partial charge is 0.494 e. The van der Waals surface area contributed by atoms with E-state index in [-0.39, 0.29) is 11.4 Å². The van der Waals surface area contributed by atoms with E-state index < -0.39 is 0 Å². The van der Waals surface area contributed by atoms with Crippen LogP contribution in [0.2, 0.25) is 0 Å². The van der Waals surface area contributed by atoms with Crippen LogP contribution in [0.1, 0.15) is 17.5 Å². The molecule has 1 heterocycles. The molecule has 0 atom stereocenters. The fourth-order valence-electron chi connectivity index (χ4n) is 1.44. The third kappa shape index (κ3) is 1.96. The summed E-state index contributed by atoms with van der Waals surface area (Å²) in [7, 11) is 1.56. The highest BCUT2D eigenvalue weighted by Gasteiger charge is 2.09. The number of rotatable bonds is 3. The number of nitrogens with zero attached hydrogens (tertiary/aromatic N) is 1. The van der Waals surface area contributed by atoms with Gasteiger partial charge in [-0.25, -0.2) is 0 Å². The second kappa shape index (κ2) is 4.28. The Hall–Kier alpha value is -1.29. The predicted octanol–water partition coefficient (Wildman–Crippen LogP) is 0.291. The van der Waals surface area contributed by atoms with Crippen LogP contribution < -0.4 is 11.3 Å². The van der Waals surface area contributed by atoms with Gasteiger partial charge in [0.15, 0.2) is 5.88 Å². The highest BCUT2D eigenvalue weighted by Crippen LogP contribution is 2.18. The first kappa shape index (κ1) is 10.8. The molecule has 0 saturated carbocycles. The zero-order chi connectivity index (χ0) is 10.7. The lowest BCUT2D eigenvalue weighted by atomic mass is 10.1. The van der Waals surface area contributed by atoms with Gasteiger partial charge in [0.25, 0.3) is 5.56 Å². The zero-order valence-electron chi connectivity index (χ0n) is 8.58. The molecule has 0 unspecified atom stereocenters.